The molecule has 1 amide bonds. The molecule has 0 saturated carbocycles. The summed E-state index contributed by atoms with van der Waals surface area (Å²) in [5.41, 5.74) is 2.08. The molecular formula is C6H14N2O2. The molecule has 0 aromatic carbocycles. The van der Waals surface area contributed by atoms with Crippen LogP contribution in [0.4, 0.5) is 0 Å². The molecule has 0 heterocycles. The van der Waals surface area contributed by atoms with E-state index in [1.54, 1.807) is 14.0 Å². The maximum atomic E-state index is 10.7. The van der Waals surface area contributed by atoms with Crippen LogP contribution >= 0.6 is 0 Å². The Balaban J connectivity index is 3.41. The van der Waals surface area contributed by atoms with Crippen LogP contribution in [-0.2, 0) is 9.53 Å². The molecule has 0 aliphatic rings. The first kappa shape index (κ1) is 9.39. The van der Waals surface area contributed by atoms with Crippen LogP contribution in [0.3, 0.4) is 0 Å². The quantitative estimate of drug-likeness (QED) is 0.323. The monoisotopic (exact) mass is 146 g/mol. The first-order valence-corrected chi connectivity index (χ1v) is 3.21. The fraction of sp³-hybridized carbons (Fsp3) is 0.833. The largest absolute Gasteiger partial charge is 0.385 e. The van der Waals surface area contributed by atoms with E-state index in [-0.39, 0.29) is 11.8 Å². The average Bonchev–Trinajstić information content (AvgIpc) is 1.98. The summed E-state index contributed by atoms with van der Waals surface area (Å²) in [6.07, 6.45) is 0.708. The molecular weight excluding hydrogens is 132 g/mol. The lowest BCUT2D eigenvalue weighted by atomic mass is 10.1. The third-order valence-electron chi connectivity index (χ3n) is 1.34. The highest BCUT2D eigenvalue weighted by atomic mass is 16.5. The van der Waals surface area contributed by atoms with E-state index in [1.165, 1.54) is 0 Å². The molecule has 0 bridgehead atoms. The lowest BCUT2D eigenvalue weighted by Gasteiger charge is -2.07. The number of carbonyl (C=O) groups excluding carboxylic acids is 1. The standard InChI is InChI=1S/C6H14N2O2/c1-5(3-4-10-2)6(9)8-7/h5H,3-4,7H2,1-2H3,(H,8,9). The number of hydrazine groups is 1. The predicted molar refractivity (Wildman–Crippen MR) is 38.0 cm³/mol. The van der Waals surface area contributed by atoms with Crippen LogP contribution in [-0.4, -0.2) is 19.6 Å². The molecule has 0 saturated heterocycles. The zero-order chi connectivity index (χ0) is 7.98. The molecule has 10 heavy (non-hydrogen) atoms. The summed E-state index contributed by atoms with van der Waals surface area (Å²) in [7, 11) is 1.60. The fourth-order valence-electron chi connectivity index (χ4n) is 0.568. The van der Waals surface area contributed by atoms with Gasteiger partial charge in [0.1, 0.15) is 0 Å². The van der Waals surface area contributed by atoms with Gasteiger partial charge in [-0.3, -0.25) is 10.2 Å². The van der Waals surface area contributed by atoms with Crippen molar-refractivity contribution in [2.45, 2.75) is 13.3 Å². The van der Waals surface area contributed by atoms with E-state index in [1.807, 2.05) is 0 Å². The minimum absolute atomic E-state index is 0.0649. The van der Waals surface area contributed by atoms with Gasteiger partial charge in [0.25, 0.3) is 0 Å². The Bertz CT molecular complexity index is 106. The van der Waals surface area contributed by atoms with Gasteiger partial charge in [0.05, 0.1) is 0 Å². The third kappa shape index (κ3) is 3.42. The van der Waals surface area contributed by atoms with E-state index in [9.17, 15) is 4.79 Å². The Kier molecular flexibility index (Phi) is 4.88. The van der Waals surface area contributed by atoms with Gasteiger partial charge in [0.15, 0.2) is 0 Å². The van der Waals surface area contributed by atoms with Crippen LogP contribution in [0.1, 0.15) is 13.3 Å². The number of hydrogen-bond donors (Lipinski definition) is 2. The topological polar surface area (TPSA) is 64.3 Å². The van der Waals surface area contributed by atoms with Crippen LogP contribution in [0.2, 0.25) is 0 Å². The molecule has 4 nitrogen and oxygen atoms in total. The second-order valence-corrected chi connectivity index (χ2v) is 2.19. The van der Waals surface area contributed by atoms with Gasteiger partial charge in [-0.25, -0.2) is 5.84 Å². The highest BCUT2D eigenvalue weighted by Crippen LogP contribution is 1.99. The maximum absolute atomic E-state index is 10.7. The molecule has 1 atom stereocenters. The van der Waals surface area contributed by atoms with Gasteiger partial charge in [-0.15, -0.1) is 0 Å². The lowest BCUT2D eigenvalue weighted by molar-refractivity contribution is -0.125. The molecule has 0 rings (SSSR count). The highest BCUT2D eigenvalue weighted by molar-refractivity contribution is 5.77. The minimum atomic E-state index is -0.142. The molecule has 1 unspecified atom stereocenters. The first-order valence-electron chi connectivity index (χ1n) is 3.21. The molecule has 0 aliphatic heterocycles. The lowest BCUT2D eigenvalue weighted by Crippen LogP contribution is -2.35. The Morgan fingerprint density at radius 1 is 1.80 bits per heavy atom. The van der Waals surface area contributed by atoms with Crippen LogP contribution in [0.25, 0.3) is 0 Å². The second-order valence-electron chi connectivity index (χ2n) is 2.19. The number of nitrogens with one attached hydrogen (secondary N) is 1. The summed E-state index contributed by atoms with van der Waals surface area (Å²) < 4.78 is 4.79. The first-order chi connectivity index (χ1) is 4.72. The predicted octanol–water partition coefficient (Wildman–Crippen LogP) is -0.351. The van der Waals surface area contributed by atoms with E-state index >= 15 is 0 Å². The molecule has 4 heteroatoms. The summed E-state index contributed by atoms with van der Waals surface area (Å²) in [4.78, 5) is 10.7. The van der Waals surface area contributed by atoms with Crippen molar-refractivity contribution in [3.8, 4) is 0 Å². The minimum Gasteiger partial charge on any atom is -0.385 e. The van der Waals surface area contributed by atoms with E-state index in [2.05, 4.69) is 5.43 Å². The van der Waals surface area contributed by atoms with Crippen molar-refractivity contribution >= 4 is 5.91 Å². The van der Waals surface area contributed by atoms with Crippen molar-refractivity contribution in [3.05, 3.63) is 0 Å². The van der Waals surface area contributed by atoms with Gasteiger partial charge < -0.3 is 4.74 Å². The van der Waals surface area contributed by atoms with Gasteiger partial charge in [-0.2, -0.15) is 0 Å². The highest BCUT2D eigenvalue weighted by Gasteiger charge is 2.09. The van der Waals surface area contributed by atoms with Gasteiger partial charge in [0, 0.05) is 19.6 Å². The molecule has 0 radical (unpaired) electrons. The SMILES string of the molecule is COCCC(C)C(=O)NN. The van der Waals surface area contributed by atoms with E-state index in [4.69, 9.17) is 10.6 Å². The van der Waals surface area contributed by atoms with Crippen molar-refractivity contribution in [1.29, 1.82) is 0 Å². The van der Waals surface area contributed by atoms with E-state index in [0.717, 1.165) is 0 Å². The zero-order valence-electron chi connectivity index (χ0n) is 6.39. The normalized spacial score (nSPS) is 12.7. The molecule has 0 fully saturated rings. The second kappa shape index (κ2) is 5.20. The smallest absolute Gasteiger partial charge is 0.236 e. The van der Waals surface area contributed by atoms with Crippen molar-refractivity contribution in [2.75, 3.05) is 13.7 Å². The van der Waals surface area contributed by atoms with Crippen LogP contribution in [0.5, 0.6) is 0 Å². The van der Waals surface area contributed by atoms with Crippen LogP contribution in [0.15, 0.2) is 0 Å². The Hall–Kier alpha value is -0.610. The number of carbonyl (C=O) groups is 1. The summed E-state index contributed by atoms with van der Waals surface area (Å²) >= 11 is 0. The Morgan fingerprint density at radius 2 is 2.40 bits per heavy atom. The zero-order valence-corrected chi connectivity index (χ0v) is 6.39. The molecule has 0 spiro atoms. The van der Waals surface area contributed by atoms with Crippen LogP contribution in [0, 0.1) is 5.92 Å². The number of nitrogens with two attached hydrogens (primary N) is 1. The van der Waals surface area contributed by atoms with E-state index < -0.39 is 0 Å². The Labute approximate surface area is 60.7 Å². The van der Waals surface area contributed by atoms with Gasteiger partial charge >= 0.3 is 0 Å². The Morgan fingerprint density at radius 3 is 2.80 bits per heavy atom. The average molecular weight is 146 g/mol. The summed E-state index contributed by atoms with van der Waals surface area (Å²) in [5, 5.41) is 0. The van der Waals surface area contributed by atoms with Crippen molar-refractivity contribution in [3.63, 3.8) is 0 Å². The van der Waals surface area contributed by atoms with Crippen molar-refractivity contribution in [1.82, 2.24) is 5.43 Å². The van der Waals surface area contributed by atoms with Gasteiger partial charge in [-0.05, 0) is 6.42 Å². The summed E-state index contributed by atoms with van der Waals surface area (Å²) in [5.74, 6) is 4.70. The number of methoxy groups -OCH3 is 1. The number of amides is 1. The number of rotatable bonds is 4. The fourth-order valence-corrected chi connectivity index (χ4v) is 0.568. The van der Waals surface area contributed by atoms with Gasteiger partial charge in [-0.1, -0.05) is 6.92 Å². The summed E-state index contributed by atoms with van der Waals surface area (Å²) in [6, 6.07) is 0. The molecule has 0 aromatic rings. The summed E-state index contributed by atoms with van der Waals surface area (Å²) in [6.45, 7) is 2.40. The molecule has 3 N–H and O–H groups in total. The molecule has 0 aromatic heterocycles. The third-order valence-corrected chi connectivity index (χ3v) is 1.34. The molecule has 0 aliphatic carbocycles. The van der Waals surface area contributed by atoms with E-state index in [0.29, 0.717) is 13.0 Å². The van der Waals surface area contributed by atoms with Crippen molar-refractivity contribution < 1.29 is 9.53 Å². The van der Waals surface area contributed by atoms with Crippen molar-refractivity contribution in [2.24, 2.45) is 11.8 Å². The van der Waals surface area contributed by atoms with Crippen LogP contribution < -0.4 is 11.3 Å². The number of ether oxygens (including phenoxy) is 1. The maximum Gasteiger partial charge on any atom is 0.236 e. The van der Waals surface area contributed by atoms with Gasteiger partial charge in [0.2, 0.25) is 5.91 Å². The molecule has 60 valence electrons. The number of hydrogen-bond acceptors (Lipinski definition) is 3.